The summed E-state index contributed by atoms with van der Waals surface area (Å²) in [5.74, 6) is 0.472. The maximum absolute atomic E-state index is 12.6. The summed E-state index contributed by atoms with van der Waals surface area (Å²) in [6, 6.07) is 7.75. The highest BCUT2D eigenvalue weighted by Crippen LogP contribution is 2.18. The zero-order valence-electron chi connectivity index (χ0n) is 12.5. The highest BCUT2D eigenvalue weighted by Gasteiger charge is 2.22. The van der Waals surface area contributed by atoms with Crippen LogP contribution in [0.4, 0.5) is 0 Å². The van der Waals surface area contributed by atoms with Gasteiger partial charge < -0.3 is 10.6 Å². The lowest BCUT2D eigenvalue weighted by atomic mass is 10.0. The van der Waals surface area contributed by atoms with Gasteiger partial charge in [0.05, 0.1) is 19.1 Å². The van der Waals surface area contributed by atoms with Gasteiger partial charge in [-0.1, -0.05) is 26.0 Å². The molecule has 0 fully saturated rings. The van der Waals surface area contributed by atoms with Crippen molar-refractivity contribution in [2.75, 3.05) is 0 Å². The van der Waals surface area contributed by atoms with Crippen molar-refractivity contribution >= 4 is 28.6 Å². The van der Waals surface area contributed by atoms with E-state index in [4.69, 9.17) is 5.73 Å². The molecule has 21 heavy (non-hydrogen) atoms. The first-order chi connectivity index (χ1) is 10.1. The summed E-state index contributed by atoms with van der Waals surface area (Å²) in [7, 11) is 0. The van der Waals surface area contributed by atoms with Crippen molar-refractivity contribution in [1.82, 2.24) is 4.90 Å². The molecule has 0 spiro atoms. The van der Waals surface area contributed by atoms with Crippen LogP contribution in [0, 0.1) is 5.92 Å². The summed E-state index contributed by atoms with van der Waals surface area (Å²) >= 11 is 3.35. The zero-order valence-corrected chi connectivity index (χ0v) is 14.1. The molecule has 0 aliphatic heterocycles. The lowest BCUT2D eigenvalue weighted by Gasteiger charge is -2.25. The van der Waals surface area contributed by atoms with Gasteiger partial charge in [-0.15, -0.1) is 22.7 Å². The van der Waals surface area contributed by atoms with E-state index in [9.17, 15) is 4.79 Å². The maximum Gasteiger partial charge on any atom is 0.240 e. The molecule has 0 aliphatic rings. The molecule has 3 nitrogen and oxygen atoms in total. The quantitative estimate of drug-likeness (QED) is 0.844. The Bertz CT molecular complexity index is 498. The predicted octanol–water partition coefficient (Wildman–Crippen LogP) is 3.71. The van der Waals surface area contributed by atoms with Crippen LogP contribution in [0.25, 0.3) is 0 Å². The topological polar surface area (TPSA) is 46.3 Å². The average molecular weight is 322 g/mol. The second kappa shape index (κ2) is 7.73. The average Bonchev–Trinajstić information content (AvgIpc) is 3.09. The first-order valence-electron chi connectivity index (χ1n) is 7.15. The molecule has 5 heteroatoms. The Kier molecular flexibility index (Phi) is 5.96. The Morgan fingerprint density at radius 3 is 2.05 bits per heavy atom. The molecule has 0 saturated heterocycles. The van der Waals surface area contributed by atoms with Crippen LogP contribution in [0.3, 0.4) is 0 Å². The van der Waals surface area contributed by atoms with Gasteiger partial charge in [0.25, 0.3) is 0 Å². The van der Waals surface area contributed by atoms with Gasteiger partial charge in [0.2, 0.25) is 5.91 Å². The third-order valence-electron chi connectivity index (χ3n) is 3.21. The van der Waals surface area contributed by atoms with E-state index in [2.05, 4.69) is 26.0 Å². The zero-order chi connectivity index (χ0) is 15.2. The van der Waals surface area contributed by atoms with Crippen LogP contribution >= 0.6 is 22.7 Å². The van der Waals surface area contributed by atoms with Gasteiger partial charge >= 0.3 is 0 Å². The predicted molar refractivity (Wildman–Crippen MR) is 90.3 cm³/mol. The monoisotopic (exact) mass is 322 g/mol. The van der Waals surface area contributed by atoms with Crippen LogP contribution in [-0.2, 0) is 17.9 Å². The minimum Gasteiger partial charge on any atom is -0.331 e. The molecular weight excluding hydrogens is 300 g/mol. The summed E-state index contributed by atoms with van der Waals surface area (Å²) in [4.78, 5) is 16.9. The maximum atomic E-state index is 12.6. The fourth-order valence-electron chi connectivity index (χ4n) is 2.24. The van der Waals surface area contributed by atoms with Crippen molar-refractivity contribution in [3.05, 3.63) is 44.8 Å². The summed E-state index contributed by atoms with van der Waals surface area (Å²) in [5.41, 5.74) is 6.09. The summed E-state index contributed by atoms with van der Waals surface area (Å²) in [5, 5.41) is 4.08. The summed E-state index contributed by atoms with van der Waals surface area (Å²) in [6.07, 6.45) is 0.726. The lowest BCUT2D eigenvalue weighted by molar-refractivity contribution is -0.134. The Hall–Kier alpha value is -1.17. The number of thiophene rings is 2. The first-order valence-corrected chi connectivity index (χ1v) is 8.91. The minimum absolute atomic E-state index is 0.0468. The summed E-state index contributed by atoms with van der Waals surface area (Å²) in [6.45, 7) is 5.46. The van der Waals surface area contributed by atoms with Gasteiger partial charge in [-0.25, -0.2) is 0 Å². The fraction of sp³-hybridized carbons (Fsp3) is 0.438. The molecule has 0 aromatic carbocycles. The minimum atomic E-state index is -0.412. The van der Waals surface area contributed by atoms with Crippen LogP contribution in [-0.4, -0.2) is 16.8 Å². The number of hydrogen-bond acceptors (Lipinski definition) is 4. The third kappa shape index (κ3) is 4.95. The number of amides is 1. The van der Waals surface area contributed by atoms with E-state index in [0.717, 1.165) is 6.42 Å². The normalized spacial score (nSPS) is 12.6. The molecule has 0 saturated carbocycles. The Balaban J connectivity index is 2.08. The molecule has 2 heterocycles. The van der Waals surface area contributed by atoms with Crippen LogP contribution in [0.5, 0.6) is 0 Å². The van der Waals surface area contributed by atoms with Crippen molar-refractivity contribution in [1.29, 1.82) is 0 Å². The third-order valence-corrected chi connectivity index (χ3v) is 4.93. The molecule has 1 atom stereocenters. The highest BCUT2D eigenvalue weighted by atomic mass is 32.1. The van der Waals surface area contributed by atoms with E-state index in [1.807, 2.05) is 27.8 Å². The SMILES string of the molecule is CC(C)C[C@@H](N)C(=O)N(Cc1cccs1)Cc1cccs1. The fourth-order valence-corrected chi connectivity index (χ4v) is 3.68. The van der Waals surface area contributed by atoms with Crippen LogP contribution in [0.2, 0.25) is 0 Å². The molecule has 0 aliphatic carbocycles. The Morgan fingerprint density at radius 1 is 1.14 bits per heavy atom. The Morgan fingerprint density at radius 2 is 1.67 bits per heavy atom. The van der Waals surface area contributed by atoms with Gasteiger partial charge in [0.15, 0.2) is 0 Å². The molecule has 1 amide bonds. The van der Waals surface area contributed by atoms with E-state index < -0.39 is 6.04 Å². The number of nitrogens with two attached hydrogens (primary N) is 1. The molecule has 114 valence electrons. The van der Waals surface area contributed by atoms with Crippen LogP contribution in [0.15, 0.2) is 35.0 Å². The molecule has 2 N–H and O–H groups in total. The van der Waals surface area contributed by atoms with Crippen molar-refractivity contribution in [3.63, 3.8) is 0 Å². The number of carbonyl (C=O) groups is 1. The number of rotatable bonds is 7. The highest BCUT2D eigenvalue weighted by molar-refractivity contribution is 7.10. The summed E-state index contributed by atoms with van der Waals surface area (Å²) < 4.78 is 0. The molecule has 2 aromatic rings. The van der Waals surface area contributed by atoms with Gasteiger partial charge in [0.1, 0.15) is 0 Å². The largest absolute Gasteiger partial charge is 0.331 e. The molecule has 2 rings (SSSR count). The number of nitrogens with zero attached hydrogens (tertiary/aromatic N) is 1. The van der Waals surface area contributed by atoms with Gasteiger partial charge in [-0.2, -0.15) is 0 Å². The van der Waals surface area contributed by atoms with Crippen molar-refractivity contribution < 1.29 is 4.79 Å². The van der Waals surface area contributed by atoms with Crippen molar-refractivity contribution in [2.24, 2.45) is 11.7 Å². The van der Waals surface area contributed by atoms with E-state index in [-0.39, 0.29) is 5.91 Å². The van der Waals surface area contributed by atoms with Gasteiger partial charge in [-0.05, 0) is 35.2 Å². The Labute approximate surface area is 134 Å². The van der Waals surface area contributed by atoms with E-state index in [1.54, 1.807) is 22.7 Å². The van der Waals surface area contributed by atoms with Gasteiger partial charge in [-0.3, -0.25) is 4.79 Å². The first kappa shape index (κ1) is 16.2. The van der Waals surface area contributed by atoms with Crippen molar-refractivity contribution in [3.8, 4) is 0 Å². The molecule has 0 radical (unpaired) electrons. The standard InChI is InChI=1S/C16H22N2OS2/c1-12(2)9-15(17)16(19)18(10-13-5-3-7-20-13)11-14-6-4-8-21-14/h3-8,12,15H,9-11,17H2,1-2H3/t15-/m1/s1. The number of carbonyl (C=O) groups excluding carboxylic acids is 1. The number of hydrogen-bond donors (Lipinski definition) is 1. The second-order valence-corrected chi connectivity index (χ2v) is 7.65. The van der Waals surface area contributed by atoms with E-state index in [1.165, 1.54) is 9.75 Å². The van der Waals surface area contributed by atoms with E-state index in [0.29, 0.717) is 19.0 Å². The van der Waals surface area contributed by atoms with Crippen LogP contribution in [0.1, 0.15) is 30.0 Å². The lowest BCUT2D eigenvalue weighted by Crippen LogP contribution is -2.43. The molecule has 2 aromatic heterocycles. The molecule has 0 bridgehead atoms. The van der Waals surface area contributed by atoms with Crippen LogP contribution < -0.4 is 5.73 Å². The molecule has 0 unspecified atom stereocenters. The smallest absolute Gasteiger partial charge is 0.240 e. The molecular formula is C16H22N2OS2. The van der Waals surface area contributed by atoms with Crippen molar-refractivity contribution in [2.45, 2.75) is 39.4 Å². The van der Waals surface area contributed by atoms with Gasteiger partial charge in [0, 0.05) is 9.75 Å². The second-order valence-electron chi connectivity index (χ2n) is 5.59. The van der Waals surface area contributed by atoms with E-state index >= 15 is 0 Å².